The van der Waals surface area contributed by atoms with Crippen LogP contribution in [0, 0.1) is 12.3 Å². The van der Waals surface area contributed by atoms with E-state index in [1.807, 2.05) is 6.07 Å². The number of hydrogen-bond donors (Lipinski definition) is 3. The third kappa shape index (κ3) is 7.14. The van der Waals surface area contributed by atoms with Gasteiger partial charge < -0.3 is 20.9 Å². The van der Waals surface area contributed by atoms with Gasteiger partial charge in [-0.05, 0) is 42.4 Å². The number of carbonyl (C=O) groups excluding carboxylic acids is 1. The van der Waals surface area contributed by atoms with Crippen LogP contribution in [0.5, 0.6) is 0 Å². The van der Waals surface area contributed by atoms with E-state index in [2.05, 4.69) is 79.9 Å². The third-order valence-electron chi connectivity index (χ3n) is 5.75. The molecule has 1 heterocycles. The molecule has 0 spiro atoms. The molecular formula is C26H39N5O. The van der Waals surface area contributed by atoms with Crippen LogP contribution in [-0.2, 0) is 11.3 Å². The SMILES string of the molecule is CC(=O)NCc1ccc(C)c(Nc2cc(NC3CCCC3)cc(N(C)CC(C)(C)C)n2)c1. The van der Waals surface area contributed by atoms with Gasteiger partial charge in [0.15, 0.2) is 0 Å². The maximum atomic E-state index is 11.3. The quantitative estimate of drug-likeness (QED) is 0.501. The highest BCUT2D eigenvalue weighted by atomic mass is 16.1. The summed E-state index contributed by atoms with van der Waals surface area (Å²) in [5.41, 5.74) is 4.48. The summed E-state index contributed by atoms with van der Waals surface area (Å²) < 4.78 is 0. The fourth-order valence-electron chi connectivity index (χ4n) is 4.24. The van der Waals surface area contributed by atoms with Crippen LogP contribution in [0.4, 0.5) is 23.0 Å². The van der Waals surface area contributed by atoms with Crippen LogP contribution in [0.3, 0.4) is 0 Å². The van der Waals surface area contributed by atoms with E-state index in [0.29, 0.717) is 12.6 Å². The van der Waals surface area contributed by atoms with Crippen LogP contribution in [0.25, 0.3) is 0 Å². The van der Waals surface area contributed by atoms with E-state index in [1.54, 1.807) is 0 Å². The Bertz CT molecular complexity index is 928. The van der Waals surface area contributed by atoms with Crippen LogP contribution in [0.1, 0.15) is 64.5 Å². The van der Waals surface area contributed by atoms with Gasteiger partial charge in [0.05, 0.1) is 0 Å². The van der Waals surface area contributed by atoms with Gasteiger partial charge in [0.1, 0.15) is 11.6 Å². The Morgan fingerprint density at radius 1 is 1.16 bits per heavy atom. The summed E-state index contributed by atoms with van der Waals surface area (Å²) in [6.07, 6.45) is 5.04. The lowest BCUT2D eigenvalue weighted by atomic mass is 9.96. The Balaban J connectivity index is 1.87. The highest BCUT2D eigenvalue weighted by molar-refractivity contribution is 5.73. The maximum Gasteiger partial charge on any atom is 0.217 e. The van der Waals surface area contributed by atoms with Crippen molar-refractivity contribution in [2.75, 3.05) is 29.1 Å². The molecule has 32 heavy (non-hydrogen) atoms. The Kier molecular flexibility index (Phi) is 7.64. The molecule has 6 heteroatoms. The number of aryl methyl sites for hydroxylation is 1. The molecule has 1 aliphatic rings. The zero-order valence-electron chi connectivity index (χ0n) is 20.5. The standard InChI is InChI=1S/C26H39N5O/c1-18-11-12-20(16-27-19(2)32)13-23(18)29-24-14-22(28-21-9-7-8-10-21)15-25(30-24)31(6)17-26(3,4)5/h11-15,21H,7-10,16-17H2,1-6H3,(H,27,32)(H2,28,29,30). The molecule has 0 atom stereocenters. The first-order valence-corrected chi connectivity index (χ1v) is 11.7. The van der Waals surface area contributed by atoms with E-state index in [-0.39, 0.29) is 11.3 Å². The van der Waals surface area contributed by atoms with E-state index in [0.717, 1.165) is 40.7 Å². The van der Waals surface area contributed by atoms with Crippen LogP contribution in [0.15, 0.2) is 30.3 Å². The first kappa shape index (κ1) is 23.9. The molecule has 1 aromatic heterocycles. The first-order valence-electron chi connectivity index (χ1n) is 11.7. The zero-order valence-corrected chi connectivity index (χ0v) is 20.5. The number of pyridine rings is 1. The minimum Gasteiger partial charge on any atom is -0.382 e. The number of rotatable bonds is 8. The number of nitrogens with zero attached hydrogens (tertiary/aromatic N) is 2. The van der Waals surface area contributed by atoms with Gasteiger partial charge in [0.2, 0.25) is 5.91 Å². The summed E-state index contributed by atoms with van der Waals surface area (Å²) >= 11 is 0. The summed E-state index contributed by atoms with van der Waals surface area (Å²) in [5.74, 6) is 1.75. The van der Waals surface area contributed by atoms with Crippen molar-refractivity contribution in [1.29, 1.82) is 0 Å². The molecule has 2 aromatic rings. The van der Waals surface area contributed by atoms with Crippen molar-refractivity contribution < 1.29 is 4.79 Å². The lowest BCUT2D eigenvalue weighted by Gasteiger charge is -2.28. The van der Waals surface area contributed by atoms with Crippen LogP contribution < -0.4 is 20.9 Å². The molecule has 0 aliphatic heterocycles. The van der Waals surface area contributed by atoms with E-state index in [1.165, 1.54) is 32.6 Å². The van der Waals surface area contributed by atoms with Gasteiger partial charge in [0, 0.05) is 56.6 Å². The van der Waals surface area contributed by atoms with Gasteiger partial charge in [-0.3, -0.25) is 4.79 Å². The van der Waals surface area contributed by atoms with Crippen molar-refractivity contribution in [3.05, 3.63) is 41.5 Å². The second kappa shape index (κ2) is 10.2. The Labute approximate surface area is 193 Å². The molecule has 0 bridgehead atoms. The van der Waals surface area contributed by atoms with Gasteiger partial charge >= 0.3 is 0 Å². The molecule has 1 amide bonds. The van der Waals surface area contributed by atoms with E-state index >= 15 is 0 Å². The molecule has 0 saturated heterocycles. The van der Waals surface area contributed by atoms with Gasteiger partial charge in [0.25, 0.3) is 0 Å². The van der Waals surface area contributed by atoms with Crippen molar-refractivity contribution in [2.45, 2.75) is 72.9 Å². The van der Waals surface area contributed by atoms with Gasteiger partial charge in [-0.1, -0.05) is 45.7 Å². The number of hydrogen-bond acceptors (Lipinski definition) is 5. The summed E-state index contributed by atoms with van der Waals surface area (Å²) in [4.78, 5) is 18.5. The fraction of sp³-hybridized carbons (Fsp3) is 0.538. The average molecular weight is 438 g/mol. The Morgan fingerprint density at radius 3 is 2.53 bits per heavy atom. The highest BCUT2D eigenvalue weighted by Gasteiger charge is 2.18. The fourth-order valence-corrected chi connectivity index (χ4v) is 4.24. The molecule has 3 rings (SSSR count). The monoisotopic (exact) mass is 437 g/mol. The minimum atomic E-state index is -0.0287. The Morgan fingerprint density at radius 2 is 1.88 bits per heavy atom. The number of nitrogens with one attached hydrogen (secondary N) is 3. The van der Waals surface area contributed by atoms with Gasteiger partial charge in [-0.25, -0.2) is 4.98 Å². The molecule has 0 radical (unpaired) electrons. The predicted octanol–water partition coefficient (Wildman–Crippen LogP) is 5.61. The normalized spacial score (nSPS) is 14.3. The second-order valence-corrected chi connectivity index (χ2v) is 10.3. The van der Waals surface area contributed by atoms with E-state index in [4.69, 9.17) is 4.98 Å². The lowest BCUT2D eigenvalue weighted by Crippen LogP contribution is -2.30. The van der Waals surface area contributed by atoms with Gasteiger partial charge in [-0.15, -0.1) is 0 Å². The number of carbonyl (C=O) groups is 1. The van der Waals surface area contributed by atoms with Gasteiger partial charge in [-0.2, -0.15) is 0 Å². The summed E-state index contributed by atoms with van der Waals surface area (Å²) in [7, 11) is 2.11. The topological polar surface area (TPSA) is 69.3 Å². The number of anilines is 4. The van der Waals surface area contributed by atoms with Crippen molar-refractivity contribution in [2.24, 2.45) is 5.41 Å². The van der Waals surface area contributed by atoms with Crippen LogP contribution >= 0.6 is 0 Å². The summed E-state index contributed by atoms with van der Waals surface area (Å²) in [5, 5.41) is 10.1. The smallest absolute Gasteiger partial charge is 0.217 e. The van der Waals surface area contributed by atoms with Crippen molar-refractivity contribution >= 4 is 28.9 Å². The largest absolute Gasteiger partial charge is 0.382 e. The summed E-state index contributed by atoms with van der Waals surface area (Å²) in [6, 6.07) is 11.0. The molecule has 6 nitrogen and oxygen atoms in total. The molecule has 0 unspecified atom stereocenters. The van der Waals surface area contributed by atoms with Crippen molar-refractivity contribution in [1.82, 2.24) is 10.3 Å². The van der Waals surface area contributed by atoms with Crippen LogP contribution in [0.2, 0.25) is 0 Å². The molecule has 1 fully saturated rings. The van der Waals surface area contributed by atoms with E-state index in [9.17, 15) is 4.79 Å². The first-order chi connectivity index (χ1) is 15.1. The molecule has 1 saturated carbocycles. The lowest BCUT2D eigenvalue weighted by molar-refractivity contribution is -0.119. The van der Waals surface area contributed by atoms with E-state index < -0.39 is 0 Å². The Hall–Kier alpha value is -2.76. The highest BCUT2D eigenvalue weighted by Crippen LogP contribution is 2.30. The molecular weight excluding hydrogens is 398 g/mol. The number of benzene rings is 1. The number of amides is 1. The van der Waals surface area contributed by atoms with Crippen LogP contribution in [-0.4, -0.2) is 30.5 Å². The zero-order chi connectivity index (χ0) is 23.3. The molecule has 174 valence electrons. The molecule has 1 aromatic carbocycles. The number of aromatic nitrogens is 1. The minimum absolute atomic E-state index is 0.0287. The van der Waals surface area contributed by atoms with Crippen molar-refractivity contribution in [3.8, 4) is 0 Å². The average Bonchev–Trinajstić information content (AvgIpc) is 3.20. The second-order valence-electron chi connectivity index (χ2n) is 10.3. The molecule has 3 N–H and O–H groups in total. The maximum absolute atomic E-state index is 11.3. The third-order valence-corrected chi connectivity index (χ3v) is 5.75. The summed E-state index contributed by atoms with van der Waals surface area (Å²) in [6.45, 7) is 11.8. The molecule has 1 aliphatic carbocycles. The van der Waals surface area contributed by atoms with Crippen molar-refractivity contribution in [3.63, 3.8) is 0 Å². The predicted molar refractivity (Wildman–Crippen MR) is 135 cm³/mol.